The second-order valence-corrected chi connectivity index (χ2v) is 3.11. The molecular weight excluding hydrogens is 217 g/mol. The summed E-state index contributed by atoms with van der Waals surface area (Å²) in [5, 5.41) is -0.299. The Morgan fingerprint density at radius 3 is 2.50 bits per heavy atom. The van der Waals surface area contributed by atoms with Gasteiger partial charge in [-0.05, 0) is 11.6 Å². The lowest BCUT2D eigenvalue weighted by Crippen LogP contribution is -2.10. The molecule has 5 heteroatoms. The number of halogens is 4. The summed E-state index contributed by atoms with van der Waals surface area (Å²) in [5.41, 5.74) is -0.768. The highest BCUT2D eigenvalue weighted by Gasteiger charge is 2.35. The van der Waals surface area contributed by atoms with Crippen molar-refractivity contribution in [3.05, 3.63) is 34.3 Å². The standard InChI is InChI=1S/C9H8ClF3O/c1-14-5-6-3-2-4-7(10)8(6)9(11,12)13/h2-4H,5H2,1H3. The van der Waals surface area contributed by atoms with Crippen molar-refractivity contribution < 1.29 is 17.9 Å². The molecule has 1 aromatic carbocycles. The first kappa shape index (κ1) is 11.3. The third-order valence-corrected chi connectivity index (χ3v) is 2.00. The van der Waals surface area contributed by atoms with Crippen LogP contribution in [0.5, 0.6) is 0 Å². The number of methoxy groups -OCH3 is 1. The molecule has 0 saturated carbocycles. The van der Waals surface area contributed by atoms with Crippen molar-refractivity contribution in [3.63, 3.8) is 0 Å². The van der Waals surface area contributed by atoms with Gasteiger partial charge in [-0.3, -0.25) is 0 Å². The minimum atomic E-state index is -4.44. The van der Waals surface area contributed by atoms with Crippen LogP contribution in [0.2, 0.25) is 5.02 Å². The van der Waals surface area contributed by atoms with Crippen molar-refractivity contribution in [1.82, 2.24) is 0 Å². The lowest BCUT2D eigenvalue weighted by Gasteiger charge is -2.13. The van der Waals surface area contributed by atoms with E-state index in [1.807, 2.05) is 0 Å². The minimum Gasteiger partial charge on any atom is -0.380 e. The molecule has 0 saturated heterocycles. The van der Waals surface area contributed by atoms with Gasteiger partial charge in [0.15, 0.2) is 0 Å². The van der Waals surface area contributed by atoms with Crippen LogP contribution in [0.4, 0.5) is 13.2 Å². The Bertz CT molecular complexity index is 322. The molecule has 0 unspecified atom stereocenters. The van der Waals surface area contributed by atoms with Gasteiger partial charge in [-0.15, -0.1) is 0 Å². The zero-order chi connectivity index (χ0) is 10.8. The molecule has 0 N–H and O–H groups in total. The van der Waals surface area contributed by atoms with Crippen LogP contribution in [-0.4, -0.2) is 7.11 Å². The molecule has 0 aliphatic carbocycles. The number of hydrogen-bond acceptors (Lipinski definition) is 1. The molecule has 1 aromatic rings. The minimum absolute atomic E-state index is 0.0486. The molecule has 0 fully saturated rings. The van der Waals surface area contributed by atoms with Crippen LogP contribution in [0, 0.1) is 0 Å². The second-order valence-electron chi connectivity index (χ2n) is 2.70. The van der Waals surface area contributed by atoms with Crippen molar-refractivity contribution in [2.45, 2.75) is 12.8 Å². The Hall–Kier alpha value is -0.740. The Kier molecular flexibility index (Phi) is 3.39. The number of rotatable bonds is 2. The molecule has 0 radical (unpaired) electrons. The fourth-order valence-corrected chi connectivity index (χ4v) is 1.46. The third kappa shape index (κ3) is 2.39. The van der Waals surface area contributed by atoms with E-state index in [2.05, 4.69) is 4.74 Å². The summed E-state index contributed by atoms with van der Waals surface area (Å²) in [7, 11) is 1.33. The van der Waals surface area contributed by atoms with Gasteiger partial charge in [-0.2, -0.15) is 13.2 Å². The summed E-state index contributed by atoms with van der Waals surface area (Å²) in [4.78, 5) is 0. The SMILES string of the molecule is COCc1cccc(Cl)c1C(F)(F)F. The van der Waals surface area contributed by atoms with Gasteiger partial charge >= 0.3 is 6.18 Å². The Morgan fingerprint density at radius 2 is 2.00 bits per heavy atom. The van der Waals surface area contributed by atoms with Crippen molar-refractivity contribution >= 4 is 11.6 Å². The third-order valence-electron chi connectivity index (χ3n) is 1.68. The Balaban J connectivity index is 3.22. The fourth-order valence-electron chi connectivity index (χ4n) is 1.16. The predicted molar refractivity (Wildman–Crippen MR) is 47.2 cm³/mol. The molecule has 0 atom stereocenters. The van der Waals surface area contributed by atoms with Crippen molar-refractivity contribution in [2.75, 3.05) is 7.11 Å². The van der Waals surface area contributed by atoms with Crippen molar-refractivity contribution in [2.24, 2.45) is 0 Å². The van der Waals surface area contributed by atoms with Gasteiger partial charge in [0.05, 0.1) is 17.2 Å². The summed E-state index contributed by atoms with van der Waals surface area (Å²) in [5.74, 6) is 0. The molecule has 0 heterocycles. The van der Waals surface area contributed by atoms with E-state index in [-0.39, 0.29) is 17.2 Å². The lowest BCUT2D eigenvalue weighted by molar-refractivity contribution is -0.138. The van der Waals surface area contributed by atoms with Crippen LogP contribution in [0.25, 0.3) is 0 Å². The second kappa shape index (κ2) is 4.19. The predicted octanol–water partition coefficient (Wildman–Crippen LogP) is 3.51. The molecule has 0 aliphatic rings. The number of alkyl halides is 3. The molecule has 14 heavy (non-hydrogen) atoms. The molecule has 0 bridgehead atoms. The van der Waals surface area contributed by atoms with Crippen LogP contribution >= 0.6 is 11.6 Å². The molecule has 0 aliphatic heterocycles. The molecule has 0 amide bonds. The summed E-state index contributed by atoms with van der Waals surface area (Å²) in [6.07, 6.45) is -4.44. The van der Waals surface area contributed by atoms with Gasteiger partial charge in [-0.25, -0.2) is 0 Å². The van der Waals surface area contributed by atoms with Crippen molar-refractivity contribution in [1.29, 1.82) is 0 Å². The Labute approximate surface area is 84.4 Å². The van der Waals surface area contributed by atoms with Gasteiger partial charge in [0.25, 0.3) is 0 Å². The van der Waals surface area contributed by atoms with Gasteiger partial charge < -0.3 is 4.74 Å². The molecule has 1 rings (SSSR count). The molecule has 78 valence electrons. The quantitative estimate of drug-likeness (QED) is 0.747. The van der Waals surface area contributed by atoms with Crippen LogP contribution in [0.15, 0.2) is 18.2 Å². The summed E-state index contributed by atoms with van der Waals surface area (Å²) < 4.78 is 42.1. The smallest absolute Gasteiger partial charge is 0.380 e. The topological polar surface area (TPSA) is 9.23 Å². The van der Waals surface area contributed by atoms with Gasteiger partial charge in [0.2, 0.25) is 0 Å². The number of ether oxygens (including phenoxy) is 1. The highest BCUT2D eigenvalue weighted by molar-refractivity contribution is 6.31. The maximum atomic E-state index is 12.5. The largest absolute Gasteiger partial charge is 0.418 e. The fraction of sp³-hybridized carbons (Fsp3) is 0.333. The van der Waals surface area contributed by atoms with E-state index >= 15 is 0 Å². The number of benzene rings is 1. The highest BCUT2D eigenvalue weighted by Crippen LogP contribution is 2.37. The monoisotopic (exact) mass is 224 g/mol. The van der Waals surface area contributed by atoms with Crippen LogP contribution in [0.1, 0.15) is 11.1 Å². The first-order valence-electron chi connectivity index (χ1n) is 3.80. The summed E-state index contributed by atoms with van der Waals surface area (Å²) in [6, 6.07) is 4.02. The van der Waals surface area contributed by atoms with Gasteiger partial charge in [0, 0.05) is 7.11 Å². The normalized spacial score (nSPS) is 11.8. The maximum Gasteiger partial charge on any atom is 0.418 e. The summed E-state index contributed by atoms with van der Waals surface area (Å²) >= 11 is 5.47. The van der Waals surface area contributed by atoms with E-state index in [9.17, 15) is 13.2 Å². The van der Waals surface area contributed by atoms with Gasteiger partial charge in [-0.1, -0.05) is 23.7 Å². The van der Waals surface area contributed by atoms with Crippen LogP contribution < -0.4 is 0 Å². The van der Waals surface area contributed by atoms with E-state index in [1.165, 1.54) is 25.3 Å². The van der Waals surface area contributed by atoms with Crippen LogP contribution in [-0.2, 0) is 17.5 Å². The van der Waals surface area contributed by atoms with Crippen molar-refractivity contribution in [3.8, 4) is 0 Å². The molecule has 0 spiro atoms. The van der Waals surface area contributed by atoms with Crippen LogP contribution in [0.3, 0.4) is 0 Å². The first-order chi connectivity index (χ1) is 6.46. The van der Waals surface area contributed by atoms with E-state index < -0.39 is 11.7 Å². The number of hydrogen-bond donors (Lipinski definition) is 0. The van der Waals surface area contributed by atoms with E-state index in [0.29, 0.717) is 0 Å². The highest BCUT2D eigenvalue weighted by atomic mass is 35.5. The summed E-state index contributed by atoms with van der Waals surface area (Å²) in [6.45, 7) is -0.102. The molecule has 1 nitrogen and oxygen atoms in total. The van der Waals surface area contributed by atoms with E-state index in [4.69, 9.17) is 11.6 Å². The Morgan fingerprint density at radius 1 is 1.36 bits per heavy atom. The van der Waals surface area contributed by atoms with Gasteiger partial charge in [0.1, 0.15) is 0 Å². The maximum absolute atomic E-state index is 12.5. The first-order valence-corrected chi connectivity index (χ1v) is 4.18. The molecular formula is C9H8ClF3O. The zero-order valence-corrected chi connectivity index (χ0v) is 8.12. The van der Waals surface area contributed by atoms with E-state index in [1.54, 1.807) is 0 Å². The average Bonchev–Trinajstić information content (AvgIpc) is 2.02. The molecule has 0 aromatic heterocycles. The lowest BCUT2D eigenvalue weighted by atomic mass is 10.1. The van der Waals surface area contributed by atoms with E-state index in [0.717, 1.165) is 0 Å². The zero-order valence-electron chi connectivity index (χ0n) is 7.36. The average molecular weight is 225 g/mol.